The molecule has 4 heteroatoms. The lowest BCUT2D eigenvalue weighted by Crippen LogP contribution is -1.90. The number of ether oxygens (including phenoxy) is 1. The van der Waals surface area contributed by atoms with Gasteiger partial charge in [-0.3, -0.25) is 4.68 Å². The zero-order valence-electron chi connectivity index (χ0n) is 8.18. The summed E-state index contributed by atoms with van der Waals surface area (Å²) in [6.45, 7) is 5.95. The average molecular weight is 235 g/mol. The Hall–Kier alpha value is -0.510. The van der Waals surface area contributed by atoms with E-state index < -0.39 is 0 Å². The number of nitrogens with zero attached hydrogens (tertiary/aromatic N) is 2. The van der Waals surface area contributed by atoms with Crippen LogP contribution in [-0.4, -0.2) is 16.9 Å². The van der Waals surface area contributed by atoms with E-state index in [9.17, 15) is 0 Å². The van der Waals surface area contributed by atoms with Gasteiger partial charge < -0.3 is 4.74 Å². The molecule has 0 aromatic carbocycles. The van der Waals surface area contributed by atoms with E-state index in [-0.39, 0.29) is 0 Å². The van der Waals surface area contributed by atoms with E-state index in [1.165, 1.54) is 0 Å². The van der Waals surface area contributed by atoms with Crippen LogP contribution in [0.15, 0.2) is 4.60 Å². The third-order valence-corrected chi connectivity index (χ3v) is 2.46. The summed E-state index contributed by atoms with van der Waals surface area (Å²) < 4.78 is 7.68. The molecule has 3 nitrogen and oxygen atoms in total. The van der Waals surface area contributed by atoms with Crippen molar-refractivity contribution in [3.8, 4) is 5.88 Å². The summed E-state index contributed by atoms with van der Waals surface area (Å²) in [6, 6.07) is 0. The fraction of sp³-hybridized carbons (Fsp3) is 0.625. The molecule has 1 aromatic rings. The molecule has 0 fully saturated rings. The lowest BCUT2D eigenvalue weighted by atomic mass is 10.4. The van der Waals surface area contributed by atoms with E-state index >= 15 is 0 Å². The van der Waals surface area contributed by atoms with Gasteiger partial charge in [0, 0.05) is 12.6 Å². The van der Waals surface area contributed by atoms with Gasteiger partial charge in [0.1, 0.15) is 4.60 Å². The van der Waals surface area contributed by atoms with E-state index in [4.69, 9.17) is 4.74 Å². The predicted octanol–water partition coefficient (Wildman–Crippen LogP) is 2.53. The average Bonchev–Trinajstić information content (AvgIpc) is 2.36. The minimum atomic E-state index is 0.675. The highest BCUT2D eigenvalue weighted by Gasteiger charge is 2.08. The van der Waals surface area contributed by atoms with Gasteiger partial charge in [-0.05, 0) is 22.9 Å². The molecule has 0 aliphatic heterocycles. The highest BCUT2D eigenvalue weighted by atomic mass is 79.9. The molecule has 0 atom stereocenters. The summed E-state index contributed by atoms with van der Waals surface area (Å²) in [7, 11) is 3.47. The number of methoxy groups -OCH3 is 1. The number of hydrogen-bond donors (Lipinski definition) is 0. The second kappa shape index (κ2) is 5.19. The fourth-order valence-electron chi connectivity index (χ4n) is 0.780. The molecule has 0 bridgehead atoms. The van der Waals surface area contributed by atoms with Gasteiger partial charge in [-0.1, -0.05) is 13.8 Å². The first-order valence-corrected chi connectivity index (χ1v) is 4.69. The van der Waals surface area contributed by atoms with Crippen LogP contribution in [0, 0.1) is 6.92 Å². The monoisotopic (exact) mass is 234 g/mol. The summed E-state index contributed by atoms with van der Waals surface area (Å²) >= 11 is 3.36. The summed E-state index contributed by atoms with van der Waals surface area (Å²) in [4.78, 5) is 0. The topological polar surface area (TPSA) is 27.1 Å². The highest BCUT2D eigenvalue weighted by molar-refractivity contribution is 9.10. The van der Waals surface area contributed by atoms with Crippen LogP contribution < -0.4 is 4.74 Å². The molecule has 0 spiro atoms. The minimum Gasteiger partial charge on any atom is -0.480 e. The van der Waals surface area contributed by atoms with Crippen molar-refractivity contribution in [2.24, 2.45) is 7.05 Å². The van der Waals surface area contributed by atoms with Crippen molar-refractivity contribution in [3.63, 3.8) is 0 Å². The summed E-state index contributed by atoms with van der Waals surface area (Å²) in [6.07, 6.45) is 0. The SMILES string of the molecule is CC.COc1nn(C)c(Br)c1C. The Kier molecular flexibility index (Phi) is 4.97. The van der Waals surface area contributed by atoms with Crippen LogP contribution in [0.4, 0.5) is 0 Å². The number of aromatic nitrogens is 2. The van der Waals surface area contributed by atoms with Crippen molar-refractivity contribution < 1.29 is 4.74 Å². The molecule has 1 heterocycles. The molecule has 12 heavy (non-hydrogen) atoms. The van der Waals surface area contributed by atoms with Crippen LogP contribution in [0.1, 0.15) is 19.4 Å². The Bertz CT molecular complexity index is 245. The molecular weight excluding hydrogens is 220 g/mol. The maximum Gasteiger partial charge on any atom is 0.236 e. The lowest BCUT2D eigenvalue weighted by molar-refractivity contribution is 0.389. The normalized spacial score (nSPS) is 8.83. The van der Waals surface area contributed by atoms with Crippen molar-refractivity contribution in [2.75, 3.05) is 7.11 Å². The van der Waals surface area contributed by atoms with Crippen molar-refractivity contribution >= 4 is 15.9 Å². The Labute approximate surface area is 81.9 Å². The van der Waals surface area contributed by atoms with E-state index in [2.05, 4.69) is 21.0 Å². The molecule has 0 aliphatic carbocycles. The zero-order chi connectivity index (χ0) is 9.72. The van der Waals surface area contributed by atoms with Crippen LogP contribution in [0.2, 0.25) is 0 Å². The van der Waals surface area contributed by atoms with Gasteiger partial charge in [0.2, 0.25) is 5.88 Å². The molecule has 0 amide bonds. The number of halogens is 1. The van der Waals surface area contributed by atoms with Crippen molar-refractivity contribution in [3.05, 3.63) is 10.2 Å². The quantitative estimate of drug-likeness (QED) is 0.747. The lowest BCUT2D eigenvalue weighted by Gasteiger charge is -1.91. The smallest absolute Gasteiger partial charge is 0.236 e. The zero-order valence-corrected chi connectivity index (χ0v) is 9.77. The molecular formula is C8H15BrN2O. The first-order valence-electron chi connectivity index (χ1n) is 3.90. The second-order valence-corrected chi connectivity index (χ2v) is 2.80. The third-order valence-electron chi connectivity index (χ3n) is 1.35. The van der Waals surface area contributed by atoms with Gasteiger partial charge in [0.05, 0.1) is 7.11 Å². The molecule has 0 saturated carbocycles. The van der Waals surface area contributed by atoms with Gasteiger partial charge >= 0.3 is 0 Å². The van der Waals surface area contributed by atoms with Gasteiger partial charge in [-0.15, -0.1) is 5.10 Å². The van der Waals surface area contributed by atoms with Crippen LogP contribution in [0.25, 0.3) is 0 Å². The van der Waals surface area contributed by atoms with E-state index in [0.29, 0.717) is 5.88 Å². The Morgan fingerprint density at radius 1 is 1.42 bits per heavy atom. The Morgan fingerprint density at radius 3 is 2.08 bits per heavy atom. The Balaban J connectivity index is 0.000000561. The van der Waals surface area contributed by atoms with Crippen molar-refractivity contribution in [1.29, 1.82) is 0 Å². The maximum absolute atomic E-state index is 4.98. The van der Waals surface area contributed by atoms with Gasteiger partial charge in [0.15, 0.2) is 0 Å². The van der Waals surface area contributed by atoms with Gasteiger partial charge in [0.25, 0.3) is 0 Å². The fourth-order valence-corrected chi connectivity index (χ4v) is 1.03. The summed E-state index contributed by atoms with van der Waals surface area (Å²) in [5.74, 6) is 0.675. The molecule has 0 N–H and O–H groups in total. The summed E-state index contributed by atoms with van der Waals surface area (Å²) in [5.41, 5.74) is 1.03. The van der Waals surface area contributed by atoms with Crippen molar-refractivity contribution in [1.82, 2.24) is 9.78 Å². The maximum atomic E-state index is 4.98. The molecule has 0 radical (unpaired) electrons. The minimum absolute atomic E-state index is 0.675. The number of hydrogen-bond acceptors (Lipinski definition) is 2. The third kappa shape index (κ3) is 2.24. The van der Waals surface area contributed by atoms with Crippen LogP contribution in [0.5, 0.6) is 5.88 Å². The largest absolute Gasteiger partial charge is 0.480 e. The highest BCUT2D eigenvalue weighted by Crippen LogP contribution is 2.23. The summed E-state index contributed by atoms with van der Waals surface area (Å²) in [5, 5.41) is 4.08. The first kappa shape index (κ1) is 11.5. The van der Waals surface area contributed by atoms with Crippen LogP contribution >= 0.6 is 15.9 Å². The molecule has 0 saturated heterocycles. The first-order chi connectivity index (χ1) is 5.66. The molecule has 0 unspecified atom stereocenters. The van der Waals surface area contributed by atoms with Gasteiger partial charge in [-0.2, -0.15) is 0 Å². The van der Waals surface area contributed by atoms with Gasteiger partial charge in [-0.25, -0.2) is 0 Å². The Morgan fingerprint density at radius 2 is 1.92 bits per heavy atom. The van der Waals surface area contributed by atoms with Crippen molar-refractivity contribution in [2.45, 2.75) is 20.8 Å². The number of rotatable bonds is 1. The van der Waals surface area contributed by atoms with Crippen LogP contribution in [-0.2, 0) is 7.05 Å². The second-order valence-electron chi connectivity index (χ2n) is 2.05. The molecule has 70 valence electrons. The molecule has 1 aromatic heterocycles. The standard InChI is InChI=1S/C6H9BrN2O.C2H6/c1-4-5(7)9(2)8-6(4)10-3;1-2/h1-3H3;1-2H3. The van der Waals surface area contributed by atoms with Crippen LogP contribution in [0.3, 0.4) is 0 Å². The molecule has 0 aliphatic rings. The molecule has 1 rings (SSSR count). The van der Waals surface area contributed by atoms with E-state index in [1.807, 2.05) is 27.8 Å². The van der Waals surface area contributed by atoms with E-state index in [0.717, 1.165) is 10.2 Å². The van der Waals surface area contributed by atoms with E-state index in [1.54, 1.807) is 11.8 Å². The predicted molar refractivity (Wildman–Crippen MR) is 53.5 cm³/mol. The number of aryl methyl sites for hydroxylation is 1.